The third kappa shape index (κ3) is 6.18. The number of hydrogen-bond donors (Lipinski definition) is 2. The van der Waals surface area contributed by atoms with Crippen LogP contribution in [-0.4, -0.2) is 0 Å². The van der Waals surface area contributed by atoms with Crippen LogP contribution in [0.25, 0.3) is 0 Å². The molecule has 0 aliphatic carbocycles. The van der Waals surface area contributed by atoms with Crippen molar-refractivity contribution in [1.82, 2.24) is 0 Å². The second-order valence-corrected chi connectivity index (χ2v) is 7.54. The number of nitrogens with one attached hydrogen (secondary N) is 2. The highest BCUT2D eigenvalue weighted by atomic mass is 19.2. The summed E-state index contributed by atoms with van der Waals surface area (Å²) in [6.45, 7) is -1.01. The molecule has 0 fully saturated rings. The topological polar surface area (TPSA) is 24.1 Å². The zero-order valence-electron chi connectivity index (χ0n) is 19.0. The van der Waals surface area contributed by atoms with Gasteiger partial charge in [0.1, 0.15) is 0 Å². The van der Waals surface area contributed by atoms with Crippen LogP contribution in [0, 0.1) is 58.2 Å². The van der Waals surface area contributed by atoms with Crippen LogP contribution in [0.4, 0.5) is 55.3 Å². The first-order valence-corrected chi connectivity index (χ1v) is 10.6. The standard InChI is InChI=1S/2C13H8F5N/c2*14-9-8(6-19-7-4-2-1-3-5-7)10(15)12(17)13(18)11(9)16/h2*1-5,19H,6H2. The molecule has 2 nitrogen and oxygen atoms in total. The third-order valence-corrected chi connectivity index (χ3v) is 5.09. The van der Waals surface area contributed by atoms with Gasteiger partial charge in [-0.3, -0.25) is 0 Å². The fourth-order valence-corrected chi connectivity index (χ4v) is 3.10. The molecule has 4 rings (SSSR count). The summed E-state index contributed by atoms with van der Waals surface area (Å²) >= 11 is 0. The van der Waals surface area contributed by atoms with E-state index in [1.54, 1.807) is 60.7 Å². The molecule has 0 aromatic heterocycles. The Balaban J connectivity index is 0.000000211. The monoisotopic (exact) mass is 546 g/mol. The number of para-hydroxylation sites is 2. The van der Waals surface area contributed by atoms with E-state index in [4.69, 9.17) is 0 Å². The van der Waals surface area contributed by atoms with Gasteiger partial charge in [0, 0.05) is 35.6 Å². The Hall–Kier alpha value is -4.22. The molecular weight excluding hydrogens is 530 g/mol. The molecular formula is C26H16F10N2. The van der Waals surface area contributed by atoms with Gasteiger partial charge in [0.15, 0.2) is 46.5 Å². The maximum Gasteiger partial charge on any atom is 0.200 e. The van der Waals surface area contributed by atoms with Gasteiger partial charge in [0.25, 0.3) is 0 Å². The first-order chi connectivity index (χ1) is 18.0. The summed E-state index contributed by atoms with van der Waals surface area (Å²) in [4.78, 5) is 0. The summed E-state index contributed by atoms with van der Waals surface area (Å²) in [6.07, 6.45) is 0. The number of hydrogen-bond acceptors (Lipinski definition) is 2. The van der Waals surface area contributed by atoms with Crippen molar-refractivity contribution in [3.63, 3.8) is 0 Å². The minimum atomic E-state index is -2.15. The molecule has 12 heteroatoms. The number of halogens is 10. The summed E-state index contributed by atoms with van der Waals surface area (Å²) in [5.74, 6) is -19.4. The van der Waals surface area contributed by atoms with Crippen LogP contribution in [0.3, 0.4) is 0 Å². The number of anilines is 2. The van der Waals surface area contributed by atoms with Crippen molar-refractivity contribution in [2.75, 3.05) is 10.6 Å². The van der Waals surface area contributed by atoms with Crippen LogP contribution in [0.1, 0.15) is 11.1 Å². The minimum Gasteiger partial charge on any atom is -0.381 e. The van der Waals surface area contributed by atoms with E-state index >= 15 is 0 Å². The fourth-order valence-electron chi connectivity index (χ4n) is 3.10. The Morgan fingerprint density at radius 2 is 0.579 bits per heavy atom. The van der Waals surface area contributed by atoms with E-state index in [0.717, 1.165) is 0 Å². The quantitative estimate of drug-likeness (QED) is 0.146. The van der Waals surface area contributed by atoms with Gasteiger partial charge < -0.3 is 10.6 Å². The second kappa shape index (κ2) is 12.3. The highest BCUT2D eigenvalue weighted by Gasteiger charge is 2.26. The highest BCUT2D eigenvalue weighted by Crippen LogP contribution is 2.25. The van der Waals surface area contributed by atoms with Gasteiger partial charge in [-0.15, -0.1) is 0 Å². The maximum atomic E-state index is 13.3. The summed E-state index contributed by atoms with van der Waals surface area (Å²) < 4.78 is 131. The van der Waals surface area contributed by atoms with Crippen LogP contribution in [0.15, 0.2) is 60.7 Å². The van der Waals surface area contributed by atoms with Crippen LogP contribution >= 0.6 is 0 Å². The van der Waals surface area contributed by atoms with E-state index < -0.39 is 82.4 Å². The minimum absolute atomic E-state index is 0.504. The molecule has 0 spiro atoms. The summed E-state index contributed by atoms with van der Waals surface area (Å²) in [7, 11) is 0. The molecule has 0 aliphatic heterocycles. The van der Waals surface area contributed by atoms with E-state index in [9.17, 15) is 43.9 Å². The lowest BCUT2D eigenvalue weighted by atomic mass is 10.1. The van der Waals surface area contributed by atoms with Crippen LogP contribution in [0.5, 0.6) is 0 Å². The van der Waals surface area contributed by atoms with Crippen molar-refractivity contribution in [3.8, 4) is 0 Å². The Morgan fingerprint density at radius 3 is 0.842 bits per heavy atom. The molecule has 0 heterocycles. The predicted molar refractivity (Wildman–Crippen MR) is 120 cm³/mol. The average Bonchev–Trinajstić information content (AvgIpc) is 2.94. The molecule has 0 atom stereocenters. The lowest BCUT2D eigenvalue weighted by Gasteiger charge is -2.10. The van der Waals surface area contributed by atoms with Crippen molar-refractivity contribution in [2.45, 2.75) is 13.1 Å². The zero-order chi connectivity index (χ0) is 28.0. The smallest absolute Gasteiger partial charge is 0.200 e. The van der Waals surface area contributed by atoms with Gasteiger partial charge in [-0.1, -0.05) is 36.4 Å². The molecule has 0 unspecified atom stereocenters. The van der Waals surface area contributed by atoms with E-state index in [2.05, 4.69) is 10.6 Å². The molecule has 0 saturated carbocycles. The Bertz CT molecular complexity index is 1250. The molecule has 2 N–H and O–H groups in total. The molecule has 200 valence electrons. The van der Waals surface area contributed by atoms with E-state index in [1.165, 1.54) is 0 Å². The number of benzene rings is 4. The Labute approximate surface area is 209 Å². The highest BCUT2D eigenvalue weighted by molar-refractivity contribution is 5.44. The first-order valence-electron chi connectivity index (χ1n) is 10.6. The van der Waals surface area contributed by atoms with Crippen molar-refractivity contribution < 1.29 is 43.9 Å². The average molecular weight is 546 g/mol. The van der Waals surface area contributed by atoms with E-state index in [0.29, 0.717) is 11.4 Å². The van der Waals surface area contributed by atoms with E-state index in [-0.39, 0.29) is 0 Å². The lowest BCUT2D eigenvalue weighted by Crippen LogP contribution is -2.11. The molecule has 0 amide bonds. The van der Waals surface area contributed by atoms with E-state index in [1.807, 2.05) is 0 Å². The van der Waals surface area contributed by atoms with Gasteiger partial charge >= 0.3 is 0 Å². The molecule has 0 radical (unpaired) electrons. The lowest BCUT2D eigenvalue weighted by molar-refractivity contribution is 0.371. The summed E-state index contributed by atoms with van der Waals surface area (Å²) in [5.41, 5.74) is -0.765. The first kappa shape index (κ1) is 28.4. The van der Waals surface area contributed by atoms with Gasteiger partial charge in [0.2, 0.25) is 11.6 Å². The molecule has 4 aromatic carbocycles. The van der Waals surface area contributed by atoms with Crippen molar-refractivity contribution >= 4 is 11.4 Å². The molecule has 0 bridgehead atoms. The van der Waals surface area contributed by atoms with Crippen LogP contribution in [0.2, 0.25) is 0 Å². The molecule has 0 aliphatic rings. The largest absolute Gasteiger partial charge is 0.381 e. The summed E-state index contributed by atoms with van der Waals surface area (Å²) in [6, 6.07) is 16.5. The SMILES string of the molecule is Fc1c(F)c(F)c(CNc2ccccc2)c(F)c1F.Fc1c(F)c(F)c(CNc2ccccc2)c(F)c1F. The predicted octanol–water partition coefficient (Wildman–Crippen LogP) is 7.99. The fraction of sp³-hybridized carbons (Fsp3) is 0.0769. The van der Waals surface area contributed by atoms with Crippen molar-refractivity contribution in [1.29, 1.82) is 0 Å². The van der Waals surface area contributed by atoms with Crippen LogP contribution in [-0.2, 0) is 13.1 Å². The summed E-state index contributed by atoms with van der Waals surface area (Å²) in [5, 5.41) is 5.16. The van der Waals surface area contributed by atoms with Gasteiger partial charge in [-0.25, -0.2) is 43.9 Å². The van der Waals surface area contributed by atoms with Crippen LogP contribution < -0.4 is 10.6 Å². The van der Waals surface area contributed by atoms with Crippen molar-refractivity contribution in [2.24, 2.45) is 0 Å². The van der Waals surface area contributed by atoms with Gasteiger partial charge in [-0.2, -0.15) is 0 Å². The van der Waals surface area contributed by atoms with Crippen molar-refractivity contribution in [3.05, 3.63) is 130 Å². The molecule has 38 heavy (non-hydrogen) atoms. The normalized spacial score (nSPS) is 10.6. The third-order valence-electron chi connectivity index (χ3n) is 5.09. The van der Waals surface area contributed by atoms with Gasteiger partial charge in [0.05, 0.1) is 0 Å². The number of rotatable bonds is 6. The maximum absolute atomic E-state index is 13.3. The Kier molecular flexibility index (Phi) is 9.21. The second-order valence-electron chi connectivity index (χ2n) is 7.54. The van der Waals surface area contributed by atoms with Gasteiger partial charge in [-0.05, 0) is 24.3 Å². The molecule has 4 aromatic rings. The zero-order valence-corrected chi connectivity index (χ0v) is 19.0. The molecule has 0 saturated heterocycles. The Morgan fingerprint density at radius 1 is 0.342 bits per heavy atom.